The molecule has 120 valence electrons. The van der Waals surface area contributed by atoms with Gasteiger partial charge in [0.05, 0.1) is 18.1 Å². The van der Waals surface area contributed by atoms with Crippen LogP contribution >= 0.6 is 0 Å². The highest BCUT2D eigenvalue weighted by Crippen LogP contribution is 2.29. The Labute approximate surface area is 132 Å². The second-order valence-electron chi connectivity index (χ2n) is 6.50. The summed E-state index contributed by atoms with van der Waals surface area (Å²) in [7, 11) is 6.16. The standard InChI is InChI=1S/C16H26N6/c1-12-15(10-18-19-12)13-5-7-22(8-6-13)11-14-9-17-16(20(2)3)21(14)4/h9-10,13H,5-8,11H2,1-4H3,(H,18,19). The first-order valence-electron chi connectivity index (χ1n) is 7.96. The largest absolute Gasteiger partial charge is 0.348 e. The zero-order valence-electron chi connectivity index (χ0n) is 14.0. The maximum atomic E-state index is 4.50. The summed E-state index contributed by atoms with van der Waals surface area (Å²) in [6.07, 6.45) is 6.42. The number of aryl methyl sites for hydroxylation is 1. The van der Waals surface area contributed by atoms with E-state index >= 15 is 0 Å². The normalized spacial score (nSPS) is 17.1. The van der Waals surface area contributed by atoms with E-state index in [-0.39, 0.29) is 0 Å². The van der Waals surface area contributed by atoms with Crippen LogP contribution < -0.4 is 4.90 Å². The molecule has 6 heteroatoms. The molecule has 1 fully saturated rings. The Balaban J connectivity index is 1.59. The van der Waals surface area contributed by atoms with Crippen molar-refractivity contribution in [1.29, 1.82) is 0 Å². The molecule has 0 aromatic carbocycles. The number of hydrogen-bond donors (Lipinski definition) is 1. The molecule has 6 nitrogen and oxygen atoms in total. The highest BCUT2D eigenvalue weighted by Gasteiger charge is 2.23. The van der Waals surface area contributed by atoms with E-state index in [2.05, 4.69) is 43.5 Å². The van der Waals surface area contributed by atoms with Crippen molar-refractivity contribution in [2.24, 2.45) is 7.05 Å². The van der Waals surface area contributed by atoms with Crippen LogP contribution in [0.5, 0.6) is 0 Å². The van der Waals surface area contributed by atoms with E-state index in [4.69, 9.17) is 0 Å². The van der Waals surface area contributed by atoms with Crippen LogP contribution in [0.2, 0.25) is 0 Å². The highest BCUT2D eigenvalue weighted by atomic mass is 15.3. The van der Waals surface area contributed by atoms with E-state index in [9.17, 15) is 0 Å². The van der Waals surface area contributed by atoms with Gasteiger partial charge in [0.25, 0.3) is 0 Å². The predicted octanol–water partition coefficient (Wildman–Crippen LogP) is 1.90. The first-order chi connectivity index (χ1) is 10.6. The number of imidazole rings is 1. The van der Waals surface area contributed by atoms with Gasteiger partial charge in [0.2, 0.25) is 5.95 Å². The van der Waals surface area contributed by atoms with Crippen LogP contribution in [0.15, 0.2) is 12.4 Å². The van der Waals surface area contributed by atoms with Gasteiger partial charge in [-0.2, -0.15) is 5.10 Å². The van der Waals surface area contributed by atoms with Gasteiger partial charge in [-0.15, -0.1) is 0 Å². The molecule has 3 rings (SSSR count). The third-order valence-corrected chi connectivity index (χ3v) is 4.74. The van der Waals surface area contributed by atoms with E-state index in [1.807, 2.05) is 26.5 Å². The Hall–Kier alpha value is -1.82. The zero-order chi connectivity index (χ0) is 15.7. The summed E-state index contributed by atoms with van der Waals surface area (Å²) in [5.41, 5.74) is 3.90. The lowest BCUT2D eigenvalue weighted by molar-refractivity contribution is 0.201. The number of aromatic amines is 1. The molecular weight excluding hydrogens is 276 g/mol. The molecule has 0 unspecified atom stereocenters. The minimum absolute atomic E-state index is 0.652. The number of piperidine rings is 1. The summed E-state index contributed by atoms with van der Waals surface area (Å²) in [4.78, 5) is 9.08. The molecule has 0 spiro atoms. The fourth-order valence-electron chi connectivity index (χ4n) is 3.40. The molecule has 0 aliphatic carbocycles. The third kappa shape index (κ3) is 2.88. The van der Waals surface area contributed by atoms with Crippen molar-refractivity contribution in [2.75, 3.05) is 32.1 Å². The van der Waals surface area contributed by atoms with E-state index < -0.39 is 0 Å². The molecule has 0 amide bonds. The number of nitrogens with zero attached hydrogens (tertiary/aromatic N) is 5. The molecule has 1 aliphatic rings. The Bertz CT molecular complexity index is 618. The van der Waals surface area contributed by atoms with Crippen molar-refractivity contribution in [2.45, 2.75) is 32.2 Å². The first-order valence-corrected chi connectivity index (χ1v) is 7.96. The topological polar surface area (TPSA) is 53.0 Å². The van der Waals surface area contributed by atoms with Crippen LogP contribution in [-0.2, 0) is 13.6 Å². The maximum Gasteiger partial charge on any atom is 0.204 e. The molecule has 2 aromatic heterocycles. The van der Waals surface area contributed by atoms with Crippen LogP contribution in [0.1, 0.15) is 35.7 Å². The van der Waals surface area contributed by atoms with Crippen molar-refractivity contribution < 1.29 is 0 Å². The number of hydrogen-bond acceptors (Lipinski definition) is 4. The number of likely N-dealkylation sites (tertiary alicyclic amines) is 1. The Kier molecular flexibility index (Phi) is 4.20. The quantitative estimate of drug-likeness (QED) is 0.937. The lowest BCUT2D eigenvalue weighted by atomic mass is 9.90. The summed E-state index contributed by atoms with van der Waals surface area (Å²) in [5.74, 6) is 1.66. The van der Waals surface area contributed by atoms with Crippen molar-refractivity contribution in [3.63, 3.8) is 0 Å². The lowest BCUT2D eigenvalue weighted by Gasteiger charge is -2.31. The number of anilines is 1. The van der Waals surface area contributed by atoms with Crippen molar-refractivity contribution in [3.05, 3.63) is 29.3 Å². The molecule has 0 atom stereocenters. The van der Waals surface area contributed by atoms with Gasteiger partial charge in [0.1, 0.15) is 0 Å². The average molecular weight is 302 g/mol. The third-order valence-electron chi connectivity index (χ3n) is 4.74. The van der Waals surface area contributed by atoms with E-state index in [0.29, 0.717) is 5.92 Å². The number of H-pyrrole nitrogens is 1. The molecule has 0 bridgehead atoms. The predicted molar refractivity (Wildman–Crippen MR) is 88.1 cm³/mol. The van der Waals surface area contributed by atoms with Crippen molar-refractivity contribution in [1.82, 2.24) is 24.6 Å². The van der Waals surface area contributed by atoms with Crippen molar-refractivity contribution >= 4 is 5.95 Å². The van der Waals surface area contributed by atoms with Gasteiger partial charge in [-0.05, 0) is 44.3 Å². The van der Waals surface area contributed by atoms with Gasteiger partial charge in [0, 0.05) is 33.4 Å². The monoisotopic (exact) mass is 302 g/mol. The van der Waals surface area contributed by atoms with E-state index in [1.165, 1.54) is 29.8 Å². The summed E-state index contributed by atoms with van der Waals surface area (Å²) in [6, 6.07) is 0. The second-order valence-corrected chi connectivity index (χ2v) is 6.50. The summed E-state index contributed by atoms with van der Waals surface area (Å²) in [6.45, 7) is 5.37. The molecule has 0 saturated carbocycles. The molecule has 0 radical (unpaired) electrons. The second kappa shape index (κ2) is 6.12. The molecule has 1 saturated heterocycles. The molecular formula is C16H26N6. The first kappa shape index (κ1) is 15.1. The van der Waals surface area contributed by atoms with Gasteiger partial charge in [-0.1, -0.05) is 0 Å². The Morgan fingerprint density at radius 1 is 1.27 bits per heavy atom. The lowest BCUT2D eigenvalue weighted by Crippen LogP contribution is -2.33. The molecule has 3 heterocycles. The molecule has 1 N–H and O–H groups in total. The minimum atomic E-state index is 0.652. The SMILES string of the molecule is Cc1[nH]ncc1C1CCN(Cc2cnc(N(C)C)n2C)CC1. The van der Waals surface area contributed by atoms with E-state index in [1.54, 1.807) is 0 Å². The summed E-state index contributed by atoms with van der Waals surface area (Å²) < 4.78 is 2.19. The average Bonchev–Trinajstić information content (AvgIpc) is 3.07. The fraction of sp³-hybridized carbons (Fsp3) is 0.625. The molecule has 1 aliphatic heterocycles. The zero-order valence-corrected chi connectivity index (χ0v) is 14.0. The number of rotatable bonds is 4. The number of aromatic nitrogens is 4. The summed E-state index contributed by atoms with van der Waals surface area (Å²) >= 11 is 0. The minimum Gasteiger partial charge on any atom is -0.348 e. The van der Waals surface area contributed by atoms with Gasteiger partial charge in [0.15, 0.2) is 0 Å². The van der Waals surface area contributed by atoms with Crippen molar-refractivity contribution in [3.8, 4) is 0 Å². The van der Waals surface area contributed by atoms with Crippen LogP contribution in [0.4, 0.5) is 5.95 Å². The Morgan fingerprint density at radius 3 is 2.55 bits per heavy atom. The number of nitrogens with one attached hydrogen (secondary N) is 1. The van der Waals surface area contributed by atoms with Crippen LogP contribution in [0.3, 0.4) is 0 Å². The van der Waals surface area contributed by atoms with Crippen LogP contribution in [0, 0.1) is 6.92 Å². The Morgan fingerprint density at radius 2 is 2.00 bits per heavy atom. The van der Waals surface area contributed by atoms with Gasteiger partial charge in [-0.3, -0.25) is 10.00 Å². The van der Waals surface area contributed by atoms with Crippen LogP contribution in [-0.4, -0.2) is 51.8 Å². The van der Waals surface area contributed by atoms with Gasteiger partial charge in [-0.25, -0.2) is 4.98 Å². The maximum absolute atomic E-state index is 4.50. The van der Waals surface area contributed by atoms with E-state index in [0.717, 1.165) is 25.6 Å². The van der Waals surface area contributed by atoms with Crippen LogP contribution in [0.25, 0.3) is 0 Å². The summed E-state index contributed by atoms with van der Waals surface area (Å²) in [5, 5.41) is 7.22. The fourth-order valence-corrected chi connectivity index (χ4v) is 3.40. The highest BCUT2D eigenvalue weighted by molar-refractivity contribution is 5.31. The smallest absolute Gasteiger partial charge is 0.204 e. The molecule has 22 heavy (non-hydrogen) atoms. The van der Waals surface area contributed by atoms with Gasteiger partial charge < -0.3 is 9.47 Å². The molecule has 2 aromatic rings. The van der Waals surface area contributed by atoms with Gasteiger partial charge >= 0.3 is 0 Å².